The topological polar surface area (TPSA) is 41.3 Å². The van der Waals surface area contributed by atoms with Crippen molar-refractivity contribution in [3.8, 4) is 6.57 Å². The molecule has 0 bridgehead atoms. The van der Waals surface area contributed by atoms with Crippen LogP contribution in [0.15, 0.2) is 0 Å². The van der Waals surface area contributed by atoms with Gasteiger partial charge >= 0.3 is 0 Å². The van der Waals surface area contributed by atoms with Crippen LogP contribution in [0.5, 0.6) is 0 Å². The van der Waals surface area contributed by atoms with Crippen molar-refractivity contribution < 1.29 is 19.6 Å². The Balaban J connectivity index is 3.68. The van der Waals surface area contributed by atoms with Crippen LogP contribution in [0.25, 0.3) is 4.85 Å². The number of nitrogens with zero attached hydrogens (tertiary/aromatic N) is 1. The lowest BCUT2D eigenvalue weighted by Crippen LogP contribution is -2.25. The molecule has 0 aromatic heterocycles. The van der Waals surface area contributed by atoms with E-state index in [9.17, 15) is 0 Å². The molecule has 5 nitrogen and oxygen atoms in total. The van der Waals surface area contributed by atoms with E-state index in [-0.39, 0.29) is 24.9 Å². The zero-order valence-electron chi connectivity index (χ0n) is 9.80. The third-order valence-electron chi connectivity index (χ3n) is 1.21. The summed E-state index contributed by atoms with van der Waals surface area (Å²) in [7, 11) is 0. The van der Waals surface area contributed by atoms with Gasteiger partial charge in [-0.3, -0.25) is 0 Å². The predicted molar refractivity (Wildman–Crippen MR) is 56.4 cm³/mol. The van der Waals surface area contributed by atoms with Crippen molar-refractivity contribution >= 4 is 0 Å². The van der Waals surface area contributed by atoms with Crippen molar-refractivity contribution in [2.24, 2.45) is 0 Å². The van der Waals surface area contributed by atoms with Crippen LogP contribution in [-0.2, 0) is 19.6 Å². The molecule has 0 radical (unpaired) electrons. The summed E-state index contributed by atoms with van der Waals surface area (Å²) in [5.74, 6) is 0. The maximum absolute atomic E-state index is 5.06. The van der Waals surface area contributed by atoms with Crippen LogP contribution >= 0.6 is 0 Å². The zero-order valence-corrected chi connectivity index (χ0v) is 9.80. The Bertz CT molecular complexity index is 188. The Morgan fingerprint density at radius 2 is 1.60 bits per heavy atom. The summed E-state index contributed by atoms with van der Waals surface area (Å²) in [4.78, 5) is 23.3. The average Bonchev–Trinajstić information content (AvgIpc) is 2.13. The molecule has 0 fully saturated rings. The Morgan fingerprint density at radius 3 is 2.07 bits per heavy atom. The van der Waals surface area contributed by atoms with Crippen molar-refractivity contribution in [2.45, 2.75) is 46.0 Å². The molecule has 0 aliphatic rings. The van der Waals surface area contributed by atoms with E-state index in [2.05, 4.69) is 4.85 Å². The summed E-state index contributed by atoms with van der Waals surface area (Å²) in [5.41, 5.74) is 0. The normalized spacial score (nSPS) is 13.1. The first-order chi connectivity index (χ1) is 7.06. The maximum atomic E-state index is 5.06. The molecule has 88 valence electrons. The van der Waals surface area contributed by atoms with Crippen LogP contribution in [0.4, 0.5) is 0 Å². The molecular formula is C10H20NO4+. The summed E-state index contributed by atoms with van der Waals surface area (Å²) in [6, 6.07) is 0. The Morgan fingerprint density at radius 1 is 1.00 bits per heavy atom. The van der Waals surface area contributed by atoms with Gasteiger partial charge in [0.1, 0.15) is 6.61 Å². The SMILES string of the molecule is C#[N+]CC(COOC(C)C)OOC(C)C. The number of rotatable bonds is 8. The largest absolute Gasteiger partial charge is 0.294 e. The molecule has 0 saturated carbocycles. The van der Waals surface area contributed by atoms with Crippen LogP contribution in [0, 0.1) is 6.57 Å². The Kier molecular flexibility index (Phi) is 8.24. The lowest BCUT2D eigenvalue weighted by atomic mass is 10.4. The van der Waals surface area contributed by atoms with E-state index < -0.39 is 0 Å². The van der Waals surface area contributed by atoms with Gasteiger partial charge in [0.25, 0.3) is 13.1 Å². The summed E-state index contributed by atoms with van der Waals surface area (Å²) in [6.07, 6.45) is -0.362. The minimum atomic E-state index is -0.351. The second kappa shape index (κ2) is 8.62. The van der Waals surface area contributed by atoms with Crippen LogP contribution in [0.1, 0.15) is 27.7 Å². The molecule has 0 saturated heterocycles. The highest BCUT2D eigenvalue weighted by atomic mass is 17.2. The first-order valence-electron chi connectivity index (χ1n) is 5.03. The quantitative estimate of drug-likeness (QED) is 0.462. The van der Waals surface area contributed by atoms with Gasteiger partial charge in [-0.25, -0.2) is 19.6 Å². The molecule has 0 aromatic carbocycles. The molecule has 15 heavy (non-hydrogen) atoms. The highest BCUT2D eigenvalue weighted by Crippen LogP contribution is 2.00. The van der Waals surface area contributed by atoms with Gasteiger partial charge in [0, 0.05) is 0 Å². The first-order valence-corrected chi connectivity index (χ1v) is 5.03. The second-order valence-electron chi connectivity index (χ2n) is 3.66. The molecule has 0 aromatic rings. The van der Waals surface area contributed by atoms with Gasteiger partial charge < -0.3 is 0 Å². The van der Waals surface area contributed by atoms with Gasteiger partial charge in [0.05, 0.1) is 12.2 Å². The van der Waals surface area contributed by atoms with Gasteiger partial charge in [-0.2, -0.15) is 0 Å². The standard InChI is InChI=1S/C10H20NO4/c1-8(2)13-12-7-10(6-11-5)15-14-9(3)4/h5,8-10H,6-7H2,1-4H3/q+1. The summed E-state index contributed by atoms with van der Waals surface area (Å²) in [6.45, 7) is 13.1. The number of hydrogen-bond donors (Lipinski definition) is 0. The van der Waals surface area contributed by atoms with Gasteiger partial charge in [-0.1, -0.05) is 4.85 Å². The Labute approximate surface area is 90.9 Å². The van der Waals surface area contributed by atoms with E-state index in [0.29, 0.717) is 6.54 Å². The van der Waals surface area contributed by atoms with E-state index in [1.807, 2.05) is 27.7 Å². The lowest BCUT2D eigenvalue weighted by molar-refractivity contribution is -0.381. The zero-order chi connectivity index (χ0) is 11.7. The van der Waals surface area contributed by atoms with Crippen molar-refractivity contribution in [2.75, 3.05) is 13.2 Å². The monoisotopic (exact) mass is 218 g/mol. The smallest absolute Gasteiger partial charge is 0.234 e. The summed E-state index contributed by atoms with van der Waals surface area (Å²) >= 11 is 0. The van der Waals surface area contributed by atoms with E-state index in [4.69, 9.17) is 26.1 Å². The minimum absolute atomic E-state index is 0.00600. The van der Waals surface area contributed by atoms with Crippen molar-refractivity contribution in [3.63, 3.8) is 0 Å². The van der Waals surface area contributed by atoms with E-state index >= 15 is 0 Å². The van der Waals surface area contributed by atoms with Gasteiger partial charge in [-0.05, 0) is 27.7 Å². The fraction of sp³-hybridized carbons (Fsp3) is 0.900. The van der Waals surface area contributed by atoms with Crippen LogP contribution in [0.3, 0.4) is 0 Å². The van der Waals surface area contributed by atoms with Gasteiger partial charge in [0.15, 0.2) is 6.10 Å². The van der Waals surface area contributed by atoms with E-state index in [1.165, 1.54) is 0 Å². The molecule has 0 N–H and O–H groups in total. The fourth-order valence-corrected chi connectivity index (χ4v) is 0.669. The van der Waals surface area contributed by atoms with E-state index in [0.717, 1.165) is 0 Å². The predicted octanol–water partition coefficient (Wildman–Crippen LogP) is 2.03. The maximum Gasteiger partial charge on any atom is 0.294 e. The molecule has 0 aliphatic heterocycles. The Hall–Kier alpha value is -0.670. The third-order valence-corrected chi connectivity index (χ3v) is 1.21. The highest BCUT2D eigenvalue weighted by molar-refractivity contribution is 4.72. The first kappa shape index (κ1) is 14.3. The van der Waals surface area contributed by atoms with Crippen molar-refractivity contribution in [1.82, 2.24) is 0 Å². The second-order valence-corrected chi connectivity index (χ2v) is 3.66. The lowest BCUT2D eigenvalue weighted by Gasteiger charge is -2.13. The van der Waals surface area contributed by atoms with Gasteiger partial charge in [0.2, 0.25) is 0 Å². The van der Waals surface area contributed by atoms with Crippen LogP contribution in [-0.4, -0.2) is 31.5 Å². The molecule has 5 heteroatoms. The summed E-state index contributed by atoms with van der Waals surface area (Å²) < 4.78 is 0. The van der Waals surface area contributed by atoms with Crippen LogP contribution < -0.4 is 0 Å². The summed E-state index contributed by atoms with van der Waals surface area (Å²) in [5, 5.41) is 0. The minimum Gasteiger partial charge on any atom is -0.234 e. The fourth-order valence-electron chi connectivity index (χ4n) is 0.669. The van der Waals surface area contributed by atoms with Crippen molar-refractivity contribution in [1.29, 1.82) is 0 Å². The molecular weight excluding hydrogens is 198 g/mol. The number of hydrogen-bond acceptors (Lipinski definition) is 4. The molecule has 0 heterocycles. The van der Waals surface area contributed by atoms with Crippen molar-refractivity contribution in [3.05, 3.63) is 4.85 Å². The van der Waals surface area contributed by atoms with E-state index in [1.54, 1.807) is 0 Å². The highest BCUT2D eigenvalue weighted by Gasteiger charge is 2.17. The molecule has 0 spiro atoms. The molecule has 1 atom stereocenters. The molecule has 0 rings (SSSR count). The molecule has 0 aliphatic carbocycles. The molecule has 0 amide bonds. The third kappa shape index (κ3) is 9.63. The average molecular weight is 218 g/mol. The molecule has 1 unspecified atom stereocenters. The van der Waals surface area contributed by atoms with Gasteiger partial charge in [-0.15, -0.1) is 0 Å². The van der Waals surface area contributed by atoms with Crippen LogP contribution in [0.2, 0.25) is 0 Å².